The Kier molecular flexibility index (Phi) is 3.18. The largest absolute Gasteiger partial charge is 0.360 e. The van der Waals surface area contributed by atoms with E-state index in [9.17, 15) is 9.90 Å². The smallest absolute Gasteiger partial charge is 0.227 e. The number of hydrogen-bond donors (Lipinski definition) is 1. The van der Waals surface area contributed by atoms with Crippen molar-refractivity contribution in [2.24, 2.45) is 22.7 Å². The summed E-state index contributed by atoms with van der Waals surface area (Å²) in [5.74, 6) is -0.862. The van der Waals surface area contributed by atoms with E-state index in [1.165, 1.54) is 26.2 Å². The number of fused-ring (bicyclic) bond motifs is 3. The Balaban J connectivity index is 2.00. The first-order chi connectivity index (χ1) is 9.54. The molecule has 0 radical (unpaired) electrons. The average Bonchev–Trinajstić information content (AvgIpc) is 2.62. The average molecular weight is 294 g/mol. The van der Waals surface area contributed by atoms with Crippen LogP contribution in [-0.4, -0.2) is 22.3 Å². The van der Waals surface area contributed by atoms with Gasteiger partial charge in [-0.05, 0) is 55.3 Å². The number of ether oxygens (including phenoxy) is 1. The fourth-order valence-electron chi connectivity index (χ4n) is 6.10. The Labute approximate surface area is 128 Å². The zero-order valence-electron chi connectivity index (χ0n) is 14.2. The number of ketones is 1. The maximum absolute atomic E-state index is 11.9. The number of rotatable bonds is 1. The van der Waals surface area contributed by atoms with Gasteiger partial charge in [-0.15, -0.1) is 0 Å². The van der Waals surface area contributed by atoms with Crippen molar-refractivity contribution in [1.82, 2.24) is 0 Å². The topological polar surface area (TPSA) is 46.5 Å². The maximum Gasteiger partial charge on any atom is 0.227 e. The van der Waals surface area contributed by atoms with Gasteiger partial charge in [0.2, 0.25) is 5.79 Å². The van der Waals surface area contributed by atoms with E-state index < -0.39 is 5.79 Å². The molecule has 0 aromatic rings. The van der Waals surface area contributed by atoms with E-state index >= 15 is 0 Å². The lowest BCUT2D eigenvalue weighted by Gasteiger charge is -2.60. The van der Waals surface area contributed by atoms with Gasteiger partial charge >= 0.3 is 0 Å². The Morgan fingerprint density at radius 3 is 2.38 bits per heavy atom. The van der Waals surface area contributed by atoms with Gasteiger partial charge in [-0.2, -0.15) is 0 Å². The first kappa shape index (κ1) is 15.5. The molecule has 0 amide bonds. The van der Waals surface area contributed by atoms with Crippen LogP contribution in [0.1, 0.15) is 73.1 Å². The van der Waals surface area contributed by atoms with Gasteiger partial charge in [-0.3, -0.25) is 4.79 Å². The van der Waals surface area contributed by atoms with Crippen LogP contribution in [0.2, 0.25) is 0 Å². The molecule has 120 valence electrons. The van der Waals surface area contributed by atoms with Crippen molar-refractivity contribution in [2.75, 3.05) is 0 Å². The van der Waals surface area contributed by atoms with Gasteiger partial charge in [-0.25, -0.2) is 0 Å². The summed E-state index contributed by atoms with van der Waals surface area (Å²) in [5.41, 5.74) is 0.180. The monoisotopic (exact) mass is 294 g/mol. The van der Waals surface area contributed by atoms with Crippen molar-refractivity contribution in [3.05, 3.63) is 0 Å². The molecule has 2 unspecified atom stereocenters. The normalized spacial score (nSPS) is 52.1. The quantitative estimate of drug-likeness (QED) is 0.802. The second-order valence-electron chi connectivity index (χ2n) is 8.95. The molecule has 2 saturated carbocycles. The predicted molar refractivity (Wildman–Crippen MR) is 81.7 cm³/mol. The highest BCUT2D eigenvalue weighted by atomic mass is 16.7. The van der Waals surface area contributed by atoms with E-state index in [4.69, 9.17) is 4.74 Å². The molecule has 0 spiro atoms. The van der Waals surface area contributed by atoms with Crippen molar-refractivity contribution in [2.45, 2.75) is 84.5 Å². The SMILES string of the molecule is CC(=O)C1(O)C[C@H]2[C@@](C)(CCC3C(C)(C)CCC[C@@]32C)O1. The van der Waals surface area contributed by atoms with Crippen LogP contribution >= 0.6 is 0 Å². The minimum Gasteiger partial charge on any atom is -0.360 e. The number of carbonyl (C=O) groups excluding carboxylic acids is 1. The van der Waals surface area contributed by atoms with Crippen LogP contribution in [0.4, 0.5) is 0 Å². The lowest BCUT2D eigenvalue weighted by Crippen LogP contribution is -2.55. The summed E-state index contributed by atoms with van der Waals surface area (Å²) >= 11 is 0. The molecule has 3 rings (SSSR count). The number of Topliss-reactive ketones (excluding diaryl/α,β-unsaturated/α-hetero) is 1. The molecule has 1 N–H and O–H groups in total. The van der Waals surface area contributed by atoms with E-state index in [2.05, 4.69) is 27.7 Å². The first-order valence-corrected chi connectivity index (χ1v) is 8.47. The molecule has 0 aromatic heterocycles. The summed E-state index contributed by atoms with van der Waals surface area (Å²) in [4.78, 5) is 11.9. The fraction of sp³-hybridized carbons (Fsp3) is 0.944. The lowest BCUT2D eigenvalue weighted by molar-refractivity contribution is -0.228. The van der Waals surface area contributed by atoms with Gasteiger partial charge < -0.3 is 9.84 Å². The second kappa shape index (κ2) is 4.32. The van der Waals surface area contributed by atoms with Crippen LogP contribution in [0.15, 0.2) is 0 Å². The zero-order chi connectivity index (χ0) is 15.7. The highest BCUT2D eigenvalue weighted by molar-refractivity contribution is 5.83. The predicted octanol–water partition coefficient (Wildman–Crippen LogP) is 3.69. The van der Waals surface area contributed by atoms with Crippen molar-refractivity contribution < 1.29 is 14.6 Å². The molecule has 5 atom stereocenters. The second-order valence-corrected chi connectivity index (χ2v) is 8.95. The molecule has 0 bridgehead atoms. The van der Waals surface area contributed by atoms with Gasteiger partial charge in [0.05, 0.1) is 5.60 Å². The zero-order valence-corrected chi connectivity index (χ0v) is 14.2. The van der Waals surface area contributed by atoms with Crippen LogP contribution in [0, 0.1) is 22.7 Å². The summed E-state index contributed by atoms with van der Waals surface area (Å²) in [6.45, 7) is 10.7. The molecule has 21 heavy (non-hydrogen) atoms. The van der Waals surface area contributed by atoms with Gasteiger partial charge in [0.25, 0.3) is 0 Å². The summed E-state index contributed by atoms with van der Waals surface area (Å²) in [6, 6.07) is 0. The fourth-order valence-corrected chi connectivity index (χ4v) is 6.10. The highest BCUT2D eigenvalue weighted by Gasteiger charge is 2.66. The van der Waals surface area contributed by atoms with Crippen molar-refractivity contribution in [1.29, 1.82) is 0 Å². The highest BCUT2D eigenvalue weighted by Crippen LogP contribution is 2.66. The number of carbonyl (C=O) groups is 1. The summed E-state index contributed by atoms with van der Waals surface area (Å²) in [7, 11) is 0. The Hall–Kier alpha value is -0.410. The third-order valence-corrected chi connectivity index (χ3v) is 7.17. The third-order valence-electron chi connectivity index (χ3n) is 7.17. The number of hydrogen-bond acceptors (Lipinski definition) is 3. The molecule has 2 aliphatic carbocycles. The van der Waals surface area contributed by atoms with E-state index in [0.717, 1.165) is 12.8 Å². The maximum atomic E-state index is 11.9. The molecule has 3 nitrogen and oxygen atoms in total. The molecular formula is C18H30O3. The Morgan fingerprint density at radius 2 is 1.76 bits per heavy atom. The van der Waals surface area contributed by atoms with Crippen LogP contribution in [0.5, 0.6) is 0 Å². The van der Waals surface area contributed by atoms with E-state index in [1.54, 1.807) is 0 Å². The van der Waals surface area contributed by atoms with E-state index in [0.29, 0.717) is 17.8 Å². The van der Waals surface area contributed by atoms with E-state index in [-0.39, 0.29) is 22.7 Å². The third kappa shape index (κ3) is 2.03. The van der Waals surface area contributed by atoms with Crippen molar-refractivity contribution >= 4 is 5.78 Å². The molecule has 1 aliphatic heterocycles. The van der Waals surface area contributed by atoms with Crippen LogP contribution < -0.4 is 0 Å². The van der Waals surface area contributed by atoms with Gasteiger partial charge in [0.1, 0.15) is 0 Å². The minimum absolute atomic E-state index is 0.175. The summed E-state index contributed by atoms with van der Waals surface area (Å²) < 4.78 is 5.99. The molecule has 3 heteroatoms. The standard InChI is InChI=1S/C18H30O3/c1-12(19)18(20)11-14-16(4)9-6-8-15(2,3)13(16)7-10-17(14,5)21-18/h13-14,20H,6-11H2,1-5H3/t13?,14-,16+,17-,18?/m1/s1. The van der Waals surface area contributed by atoms with Crippen LogP contribution in [0.25, 0.3) is 0 Å². The molecule has 0 aromatic carbocycles. The molecule has 3 fully saturated rings. The van der Waals surface area contributed by atoms with Gasteiger partial charge in [0, 0.05) is 13.3 Å². The molecule has 1 heterocycles. The minimum atomic E-state index is -1.56. The molecular weight excluding hydrogens is 264 g/mol. The number of aliphatic hydroxyl groups is 1. The van der Waals surface area contributed by atoms with Gasteiger partial charge in [-0.1, -0.05) is 27.2 Å². The molecule has 1 saturated heterocycles. The Morgan fingerprint density at radius 1 is 1.10 bits per heavy atom. The van der Waals surface area contributed by atoms with Crippen molar-refractivity contribution in [3.8, 4) is 0 Å². The van der Waals surface area contributed by atoms with Crippen LogP contribution in [-0.2, 0) is 9.53 Å². The van der Waals surface area contributed by atoms with Crippen LogP contribution in [0.3, 0.4) is 0 Å². The van der Waals surface area contributed by atoms with E-state index in [1.807, 2.05) is 0 Å². The molecule has 3 aliphatic rings. The van der Waals surface area contributed by atoms with Crippen molar-refractivity contribution in [3.63, 3.8) is 0 Å². The lowest BCUT2D eigenvalue weighted by atomic mass is 9.45. The summed E-state index contributed by atoms with van der Waals surface area (Å²) in [6.07, 6.45) is 6.29. The first-order valence-electron chi connectivity index (χ1n) is 8.47. The van der Waals surface area contributed by atoms with Gasteiger partial charge in [0.15, 0.2) is 5.78 Å². The Bertz CT molecular complexity index is 471. The summed E-state index contributed by atoms with van der Waals surface area (Å²) in [5, 5.41) is 10.6.